The number of nitrogens with zero attached hydrogens (tertiary/aromatic N) is 1. The van der Waals surface area contributed by atoms with Gasteiger partial charge >= 0.3 is 0 Å². The molecule has 0 bridgehead atoms. The van der Waals surface area contributed by atoms with Crippen LogP contribution in [-0.2, 0) is 14.8 Å². The molecule has 2 aromatic rings. The lowest BCUT2D eigenvalue weighted by molar-refractivity contribution is -0.125. The average molecular weight is 410 g/mol. The summed E-state index contributed by atoms with van der Waals surface area (Å²) in [6.45, 7) is 1.90. The lowest BCUT2D eigenvalue weighted by Gasteiger charge is -2.34. The summed E-state index contributed by atoms with van der Waals surface area (Å²) in [6, 6.07) is 8.20. The van der Waals surface area contributed by atoms with Crippen LogP contribution in [0.1, 0.15) is 36.3 Å². The first-order chi connectivity index (χ1) is 12.4. The van der Waals surface area contributed by atoms with Crippen molar-refractivity contribution in [3.8, 4) is 0 Å². The summed E-state index contributed by atoms with van der Waals surface area (Å²) >= 11 is 8.12. The van der Waals surface area contributed by atoms with E-state index in [1.165, 1.54) is 11.3 Å². The Morgan fingerprint density at radius 1 is 1.15 bits per heavy atom. The first-order valence-corrected chi connectivity index (χ1v) is 11.5. The molecule has 1 aromatic heterocycles. The molecule has 4 atom stereocenters. The molecule has 1 aromatic carbocycles. The summed E-state index contributed by atoms with van der Waals surface area (Å²) < 4.78 is 27.7. The van der Waals surface area contributed by atoms with Crippen LogP contribution in [0.3, 0.4) is 0 Å². The van der Waals surface area contributed by atoms with E-state index in [9.17, 15) is 13.2 Å². The van der Waals surface area contributed by atoms with E-state index in [4.69, 9.17) is 11.6 Å². The topological polar surface area (TPSA) is 54.5 Å². The van der Waals surface area contributed by atoms with Crippen LogP contribution in [0.25, 0.3) is 0 Å². The SMILES string of the molecule is Cc1ccc(S(=O)(=O)N2C(=O)[C@@H](c3ccsc3)[C@@H]3[C@@H](Cl)CCC[C@@H]32)cc1. The third-order valence-electron chi connectivity index (χ3n) is 5.49. The highest BCUT2D eigenvalue weighted by atomic mass is 35.5. The number of sulfonamides is 1. The maximum atomic E-state index is 13.3. The van der Waals surface area contributed by atoms with Crippen LogP contribution in [0, 0.1) is 12.8 Å². The minimum atomic E-state index is -3.89. The molecule has 1 saturated carbocycles. The molecule has 1 aliphatic carbocycles. The van der Waals surface area contributed by atoms with Gasteiger partial charge in [-0.1, -0.05) is 17.7 Å². The smallest absolute Gasteiger partial charge is 0.266 e. The molecule has 1 amide bonds. The Balaban J connectivity index is 1.80. The summed E-state index contributed by atoms with van der Waals surface area (Å²) in [4.78, 5) is 13.5. The fourth-order valence-electron chi connectivity index (χ4n) is 4.25. The molecule has 0 N–H and O–H groups in total. The Morgan fingerprint density at radius 3 is 2.54 bits per heavy atom. The fourth-order valence-corrected chi connectivity index (χ4v) is 7.08. The van der Waals surface area contributed by atoms with E-state index < -0.39 is 15.9 Å². The molecule has 0 unspecified atom stereocenters. The van der Waals surface area contributed by atoms with Crippen LogP contribution in [0.4, 0.5) is 0 Å². The van der Waals surface area contributed by atoms with Gasteiger partial charge in [0.15, 0.2) is 0 Å². The van der Waals surface area contributed by atoms with Crippen LogP contribution in [0.15, 0.2) is 46.0 Å². The van der Waals surface area contributed by atoms with E-state index in [0.717, 1.165) is 28.3 Å². The zero-order chi connectivity index (χ0) is 18.5. The molecular weight excluding hydrogens is 390 g/mol. The minimum Gasteiger partial charge on any atom is -0.273 e. The Labute approximate surface area is 162 Å². The van der Waals surface area contributed by atoms with Crippen molar-refractivity contribution in [1.29, 1.82) is 0 Å². The van der Waals surface area contributed by atoms with Gasteiger partial charge in [0.1, 0.15) is 0 Å². The number of hydrogen-bond donors (Lipinski definition) is 0. The maximum Gasteiger partial charge on any atom is 0.266 e. The van der Waals surface area contributed by atoms with Crippen molar-refractivity contribution >= 4 is 38.9 Å². The third-order valence-corrected chi connectivity index (χ3v) is 8.54. The summed E-state index contributed by atoms with van der Waals surface area (Å²) in [6.07, 6.45) is 2.32. The van der Waals surface area contributed by atoms with Crippen LogP contribution in [-0.4, -0.2) is 30.0 Å². The van der Waals surface area contributed by atoms with Gasteiger partial charge in [-0.2, -0.15) is 11.3 Å². The Kier molecular flexibility index (Phi) is 4.61. The molecule has 4 nitrogen and oxygen atoms in total. The van der Waals surface area contributed by atoms with Crippen molar-refractivity contribution in [2.24, 2.45) is 5.92 Å². The van der Waals surface area contributed by atoms with E-state index >= 15 is 0 Å². The van der Waals surface area contributed by atoms with Gasteiger partial charge < -0.3 is 0 Å². The molecular formula is C19H20ClNO3S2. The number of aryl methyl sites for hydroxylation is 1. The number of thiophene rings is 1. The van der Waals surface area contributed by atoms with Gasteiger partial charge in [0.2, 0.25) is 5.91 Å². The Hall–Kier alpha value is -1.37. The molecule has 4 rings (SSSR count). The second-order valence-electron chi connectivity index (χ2n) is 7.08. The largest absolute Gasteiger partial charge is 0.273 e. The average Bonchev–Trinajstić information content (AvgIpc) is 3.21. The van der Waals surface area contributed by atoms with Gasteiger partial charge in [-0.25, -0.2) is 12.7 Å². The van der Waals surface area contributed by atoms with Crippen LogP contribution in [0.2, 0.25) is 0 Å². The molecule has 7 heteroatoms. The first kappa shape index (κ1) is 18.0. The molecule has 26 heavy (non-hydrogen) atoms. The second kappa shape index (κ2) is 6.66. The highest BCUT2D eigenvalue weighted by molar-refractivity contribution is 7.89. The fraction of sp³-hybridized carbons (Fsp3) is 0.421. The van der Waals surface area contributed by atoms with Crippen molar-refractivity contribution < 1.29 is 13.2 Å². The predicted molar refractivity (Wildman–Crippen MR) is 103 cm³/mol. The molecule has 0 spiro atoms. The van der Waals surface area contributed by atoms with Crippen molar-refractivity contribution in [3.05, 3.63) is 52.2 Å². The zero-order valence-electron chi connectivity index (χ0n) is 14.3. The second-order valence-corrected chi connectivity index (χ2v) is 10.2. The third kappa shape index (κ3) is 2.79. The number of halogens is 1. The summed E-state index contributed by atoms with van der Waals surface area (Å²) in [7, 11) is -3.89. The number of carbonyl (C=O) groups excluding carboxylic acids is 1. The summed E-state index contributed by atoms with van der Waals surface area (Å²) in [5.41, 5.74) is 1.85. The monoisotopic (exact) mass is 409 g/mol. The molecule has 1 saturated heterocycles. The van der Waals surface area contributed by atoms with E-state index in [0.29, 0.717) is 6.42 Å². The van der Waals surface area contributed by atoms with Crippen LogP contribution in [0.5, 0.6) is 0 Å². The van der Waals surface area contributed by atoms with Crippen LogP contribution >= 0.6 is 22.9 Å². The molecule has 2 heterocycles. The van der Waals surface area contributed by atoms with Gasteiger partial charge in [0, 0.05) is 11.3 Å². The molecule has 2 fully saturated rings. The standard InChI is InChI=1S/C19H20ClNO3S2/c1-12-5-7-14(8-6-12)26(23,24)21-16-4-2-3-15(20)18(16)17(19(21)22)13-9-10-25-11-13/h5-11,15-18H,2-4H2,1H3/t15-,16-,17-,18+/m0/s1. The molecule has 2 aliphatic rings. The molecule has 1 aliphatic heterocycles. The normalized spacial score (nSPS) is 29.0. The van der Waals surface area contributed by atoms with Crippen molar-refractivity contribution in [3.63, 3.8) is 0 Å². The number of alkyl halides is 1. The summed E-state index contributed by atoms with van der Waals surface area (Å²) in [5.74, 6) is -0.992. The number of amides is 1. The van der Waals surface area contributed by atoms with Gasteiger partial charge in [-0.3, -0.25) is 4.79 Å². The summed E-state index contributed by atoms with van der Waals surface area (Å²) in [5, 5.41) is 3.65. The van der Waals surface area contributed by atoms with Crippen molar-refractivity contribution in [2.75, 3.05) is 0 Å². The van der Waals surface area contributed by atoms with Crippen molar-refractivity contribution in [1.82, 2.24) is 4.31 Å². The predicted octanol–water partition coefficient (Wildman–Crippen LogP) is 4.15. The van der Waals surface area contributed by atoms with E-state index in [-0.39, 0.29) is 28.1 Å². The number of carbonyl (C=O) groups is 1. The lowest BCUT2D eigenvalue weighted by Crippen LogP contribution is -2.43. The quantitative estimate of drug-likeness (QED) is 0.715. The number of rotatable bonds is 3. The maximum absolute atomic E-state index is 13.3. The number of hydrogen-bond acceptors (Lipinski definition) is 4. The van der Waals surface area contributed by atoms with E-state index in [1.54, 1.807) is 24.3 Å². The van der Waals surface area contributed by atoms with Gasteiger partial charge in [-0.05, 0) is 60.7 Å². The first-order valence-electron chi connectivity index (χ1n) is 8.72. The Morgan fingerprint density at radius 2 is 1.88 bits per heavy atom. The highest BCUT2D eigenvalue weighted by Crippen LogP contribution is 2.49. The zero-order valence-corrected chi connectivity index (χ0v) is 16.7. The van der Waals surface area contributed by atoms with Crippen molar-refractivity contribution in [2.45, 2.75) is 48.4 Å². The van der Waals surface area contributed by atoms with Gasteiger partial charge in [0.05, 0.1) is 16.9 Å². The molecule has 0 radical (unpaired) electrons. The Bertz CT molecular complexity index is 909. The van der Waals surface area contributed by atoms with Gasteiger partial charge in [0.25, 0.3) is 10.0 Å². The van der Waals surface area contributed by atoms with Gasteiger partial charge in [-0.15, -0.1) is 11.6 Å². The highest BCUT2D eigenvalue weighted by Gasteiger charge is 2.56. The molecule has 138 valence electrons. The minimum absolute atomic E-state index is 0.165. The van der Waals surface area contributed by atoms with E-state index in [1.807, 2.05) is 23.8 Å². The van der Waals surface area contributed by atoms with E-state index in [2.05, 4.69) is 0 Å². The van der Waals surface area contributed by atoms with Crippen LogP contribution < -0.4 is 0 Å². The lowest BCUT2D eigenvalue weighted by atomic mass is 9.77. The number of fused-ring (bicyclic) bond motifs is 1. The number of benzene rings is 1.